The molecule has 0 saturated heterocycles. The van der Waals surface area contributed by atoms with Crippen LogP contribution in [0.4, 0.5) is 8.78 Å². The quantitative estimate of drug-likeness (QED) is 0.350. The molecule has 0 fully saturated rings. The molecule has 0 bridgehead atoms. The van der Waals surface area contributed by atoms with Crippen molar-refractivity contribution in [1.82, 2.24) is 9.97 Å². The number of aromatic nitrogens is 2. The van der Waals surface area contributed by atoms with Gasteiger partial charge in [0.2, 0.25) is 0 Å². The summed E-state index contributed by atoms with van der Waals surface area (Å²) in [7, 11) is 0. The van der Waals surface area contributed by atoms with E-state index in [9.17, 15) is 4.39 Å². The zero-order valence-electron chi connectivity index (χ0n) is 17.2. The largest absolute Gasteiger partial charge is 0.352 e. The summed E-state index contributed by atoms with van der Waals surface area (Å²) in [6.07, 6.45) is 0. The summed E-state index contributed by atoms with van der Waals surface area (Å²) in [6, 6.07) is 11.0. The van der Waals surface area contributed by atoms with Gasteiger partial charge in [0, 0.05) is 33.4 Å². The molecule has 4 rings (SSSR count). The zero-order valence-corrected chi connectivity index (χ0v) is 17.2. The SMILES string of the molecule is CC(C)(C)c1c(-c2[nH]c3cccc(C(C)(C)C)c3c2F)ccc2[nH]c(F)cc12. The minimum Gasteiger partial charge on any atom is -0.352 e. The molecule has 0 radical (unpaired) electrons. The van der Waals surface area contributed by atoms with Crippen LogP contribution in [0.5, 0.6) is 0 Å². The monoisotopic (exact) mass is 380 g/mol. The Balaban J connectivity index is 2.09. The molecule has 0 amide bonds. The van der Waals surface area contributed by atoms with E-state index in [1.807, 2.05) is 30.3 Å². The Morgan fingerprint density at radius 2 is 1.50 bits per heavy atom. The Kier molecular flexibility index (Phi) is 3.97. The third kappa shape index (κ3) is 2.83. The van der Waals surface area contributed by atoms with E-state index in [4.69, 9.17) is 0 Å². The van der Waals surface area contributed by atoms with E-state index < -0.39 is 0 Å². The molecule has 4 aromatic rings. The van der Waals surface area contributed by atoms with Gasteiger partial charge in [-0.3, -0.25) is 0 Å². The third-order valence-electron chi connectivity index (χ3n) is 5.36. The van der Waals surface area contributed by atoms with E-state index in [0.29, 0.717) is 11.1 Å². The second kappa shape index (κ2) is 5.94. The number of aromatic amines is 2. The van der Waals surface area contributed by atoms with Gasteiger partial charge in [0.05, 0.1) is 5.69 Å². The minimum absolute atomic E-state index is 0.180. The minimum atomic E-state index is -0.384. The maximum Gasteiger partial charge on any atom is 0.192 e. The highest BCUT2D eigenvalue weighted by atomic mass is 19.1. The molecule has 28 heavy (non-hydrogen) atoms. The van der Waals surface area contributed by atoms with Crippen LogP contribution in [0.25, 0.3) is 33.1 Å². The van der Waals surface area contributed by atoms with Crippen LogP contribution in [0.15, 0.2) is 36.4 Å². The fraction of sp³-hybridized carbons (Fsp3) is 0.333. The van der Waals surface area contributed by atoms with Gasteiger partial charge in [-0.15, -0.1) is 0 Å². The van der Waals surface area contributed by atoms with E-state index in [-0.39, 0.29) is 22.6 Å². The first-order valence-electron chi connectivity index (χ1n) is 9.61. The Morgan fingerprint density at radius 3 is 2.14 bits per heavy atom. The van der Waals surface area contributed by atoms with Gasteiger partial charge in [-0.2, -0.15) is 4.39 Å². The van der Waals surface area contributed by atoms with Gasteiger partial charge in [0.1, 0.15) is 0 Å². The average Bonchev–Trinajstić information content (AvgIpc) is 3.11. The first-order chi connectivity index (χ1) is 13.0. The lowest BCUT2D eigenvalue weighted by Gasteiger charge is -2.24. The fourth-order valence-corrected chi connectivity index (χ4v) is 4.20. The summed E-state index contributed by atoms with van der Waals surface area (Å²) in [6.45, 7) is 12.5. The van der Waals surface area contributed by atoms with E-state index in [0.717, 1.165) is 33.1 Å². The molecule has 2 aromatic carbocycles. The highest BCUT2D eigenvalue weighted by Gasteiger charge is 2.28. The predicted molar refractivity (Wildman–Crippen MR) is 113 cm³/mol. The van der Waals surface area contributed by atoms with Crippen LogP contribution in [-0.4, -0.2) is 9.97 Å². The molecule has 0 atom stereocenters. The lowest BCUT2D eigenvalue weighted by molar-refractivity contribution is 0.586. The molecule has 0 spiro atoms. The molecule has 0 aliphatic rings. The molecule has 0 unspecified atom stereocenters. The standard InChI is InChI=1S/C24H26F2N2/c1-23(2,3)15-8-7-9-17-19(15)21(26)22(28-17)13-10-11-16-14(12-18(25)27-16)20(13)24(4,5)6/h7-12,27-28H,1-6H3. The molecule has 2 nitrogen and oxygen atoms in total. The molecule has 4 heteroatoms. The van der Waals surface area contributed by atoms with Crippen LogP contribution < -0.4 is 0 Å². The van der Waals surface area contributed by atoms with Crippen molar-refractivity contribution in [1.29, 1.82) is 0 Å². The number of hydrogen-bond donors (Lipinski definition) is 2. The smallest absolute Gasteiger partial charge is 0.192 e. The van der Waals surface area contributed by atoms with Crippen LogP contribution >= 0.6 is 0 Å². The first-order valence-corrected chi connectivity index (χ1v) is 9.61. The van der Waals surface area contributed by atoms with Gasteiger partial charge in [-0.1, -0.05) is 59.7 Å². The zero-order chi connectivity index (χ0) is 20.4. The Labute approximate surface area is 164 Å². The lowest BCUT2D eigenvalue weighted by Crippen LogP contribution is -2.13. The maximum absolute atomic E-state index is 15.8. The van der Waals surface area contributed by atoms with Crippen molar-refractivity contribution in [3.63, 3.8) is 0 Å². The number of hydrogen-bond acceptors (Lipinski definition) is 0. The summed E-state index contributed by atoms with van der Waals surface area (Å²) in [5.41, 5.74) is 4.15. The van der Waals surface area contributed by atoms with Crippen LogP contribution in [-0.2, 0) is 10.8 Å². The summed E-state index contributed by atoms with van der Waals surface area (Å²) < 4.78 is 29.7. The van der Waals surface area contributed by atoms with Crippen molar-refractivity contribution in [3.05, 3.63) is 59.3 Å². The molecule has 146 valence electrons. The van der Waals surface area contributed by atoms with Crippen molar-refractivity contribution < 1.29 is 8.78 Å². The molecule has 2 N–H and O–H groups in total. The van der Waals surface area contributed by atoms with E-state index in [1.165, 1.54) is 6.07 Å². The Hall–Kier alpha value is -2.62. The summed E-state index contributed by atoms with van der Waals surface area (Å²) in [4.78, 5) is 6.05. The molecule has 0 saturated carbocycles. The van der Waals surface area contributed by atoms with Crippen LogP contribution in [0.1, 0.15) is 52.7 Å². The first kappa shape index (κ1) is 18.7. The van der Waals surface area contributed by atoms with Crippen molar-refractivity contribution in [2.24, 2.45) is 0 Å². The van der Waals surface area contributed by atoms with Crippen molar-refractivity contribution in [2.45, 2.75) is 52.4 Å². The van der Waals surface area contributed by atoms with Gasteiger partial charge in [0.15, 0.2) is 11.8 Å². The lowest BCUT2D eigenvalue weighted by atomic mass is 9.80. The van der Waals surface area contributed by atoms with Gasteiger partial charge in [-0.05, 0) is 34.1 Å². The third-order valence-corrected chi connectivity index (χ3v) is 5.36. The Bertz CT molecular complexity index is 1200. The Morgan fingerprint density at radius 1 is 0.786 bits per heavy atom. The van der Waals surface area contributed by atoms with Crippen LogP contribution in [0.2, 0.25) is 0 Å². The number of nitrogens with one attached hydrogen (secondary N) is 2. The van der Waals surface area contributed by atoms with Gasteiger partial charge in [-0.25, -0.2) is 4.39 Å². The predicted octanol–water partition coefficient (Wildman–Crippen LogP) is 7.19. The van der Waals surface area contributed by atoms with Gasteiger partial charge >= 0.3 is 0 Å². The van der Waals surface area contributed by atoms with E-state index in [1.54, 1.807) is 0 Å². The summed E-state index contributed by atoms with van der Waals surface area (Å²) in [5, 5.41) is 1.42. The van der Waals surface area contributed by atoms with Crippen LogP contribution in [0, 0.1) is 11.8 Å². The highest BCUT2D eigenvalue weighted by molar-refractivity contribution is 5.95. The summed E-state index contributed by atoms with van der Waals surface area (Å²) in [5.74, 6) is -0.633. The van der Waals surface area contributed by atoms with Gasteiger partial charge in [0.25, 0.3) is 0 Å². The highest BCUT2D eigenvalue weighted by Crippen LogP contribution is 2.42. The molecule has 0 aliphatic heterocycles. The van der Waals surface area contributed by atoms with Crippen LogP contribution in [0.3, 0.4) is 0 Å². The van der Waals surface area contributed by atoms with E-state index >= 15 is 4.39 Å². The molecule has 0 aliphatic carbocycles. The molecule has 2 heterocycles. The second-order valence-electron chi connectivity index (χ2n) is 9.61. The number of halogens is 2. The molecular weight excluding hydrogens is 354 g/mol. The summed E-state index contributed by atoms with van der Waals surface area (Å²) >= 11 is 0. The van der Waals surface area contributed by atoms with Gasteiger partial charge < -0.3 is 9.97 Å². The van der Waals surface area contributed by atoms with Crippen molar-refractivity contribution in [2.75, 3.05) is 0 Å². The maximum atomic E-state index is 15.8. The second-order valence-corrected chi connectivity index (χ2v) is 9.61. The van der Waals surface area contributed by atoms with Crippen molar-refractivity contribution >= 4 is 21.8 Å². The van der Waals surface area contributed by atoms with Crippen molar-refractivity contribution in [3.8, 4) is 11.3 Å². The average molecular weight is 380 g/mol. The van der Waals surface area contributed by atoms with E-state index in [2.05, 4.69) is 51.5 Å². The number of benzene rings is 2. The number of fused-ring (bicyclic) bond motifs is 2. The fourth-order valence-electron chi connectivity index (χ4n) is 4.20. The molecular formula is C24H26F2N2. The number of rotatable bonds is 1. The normalized spacial score (nSPS) is 13.0. The number of H-pyrrole nitrogens is 2. The topological polar surface area (TPSA) is 31.6 Å². The molecule has 2 aromatic heterocycles.